The minimum Gasteiger partial charge on any atom is -0.467 e. The van der Waals surface area contributed by atoms with Crippen molar-refractivity contribution < 1.29 is 14.6 Å². The summed E-state index contributed by atoms with van der Waals surface area (Å²) in [5.41, 5.74) is 2.32. The number of hydrogen-bond donors (Lipinski definition) is 1. The molecule has 0 radical (unpaired) electrons. The van der Waals surface area contributed by atoms with Crippen LogP contribution >= 0.6 is 11.3 Å². The Morgan fingerprint density at radius 3 is 2.81 bits per heavy atom. The number of fused-ring (bicyclic) bond motifs is 3. The molecule has 31 heavy (non-hydrogen) atoms. The number of aliphatic hydroxyl groups excluding tert-OH is 1. The lowest BCUT2D eigenvalue weighted by Crippen LogP contribution is -2.41. The van der Waals surface area contributed by atoms with E-state index in [9.17, 15) is 9.90 Å². The first-order valence-corrected chi connectivity index (χ1v) is 11.7. The summed E-state index contributed by atoms with van der Waals surface area (Å²) in [6.07, 6.45) is 8.57. The zero-order chi connectivity index (χ0) is 21.4. The predicted octanol–water partition coefficient (Wildman–Crippen LogP) is 3.38. The summed E-state index contributed by atoms with van der Waals surface area (Å²) in [7, 11) is 1.32. The van der Waals surface area contributed by atoms with Crippen LogP contribution in [0.1, 0.15) is 36.1 Å². The van der Waals surface area contributed by atoms with Gasteiger partial charge in [0.25, 0.3) is 0 Å². The van der Waals surface area contributed by atoms with Crippen molar-refractivity contribution in [2.75, 3.05) is 25.1 Å². The van der Waals surface area contributed by atoms with E-state index in [1.165, 1.54) is 35.8 Å². The van der Waals surface area contributed by atoms with Gasteiger partial charge in [0.05, 0.1) is 12.5 Å². The van der Waals surface area contributed by atoms with Gasteiger partial charge in [0.2, 0.25) is 0 Å². The zero-order valence-corrected chi connectivity index (χ0v) is 18.4. The van der Waals surface area contributed by atoms with Crippen molar-refractivity contribution in [3.63, 3.8) is 0 Å². The van der Waals surface area contributed by atoms with Crippen molar-refractivity contribution in [1.29, 1.82) is 0 Å². The summed E-state index contributed by atoms with van der Waals surface area (Å²) >= 11 is 1.80. The second kappa shape index (κ2) is 8.51. The third kappa shape index (κ3) is 3.78. The molecule has 1 unspecified atom stereocenters. The van der Waals surface area contributed by atoms with E-state index in [4.69, 9.17) is 14.7 Å². The fourth-order valence-electron chi connectivity index (χ4n) is 4.73. The molecule has 1 fully saturated rings. The first kappa shape index (κ1) is 20.3. The average molecular weight is 439 g/mol. The zero-order valence-electron chi connectivity index (χ0n) is 17.6. The monoisotopic (exact) mass is 438 g/mol. The van der Waals surface area contributed by atoms with Gasteiger partial charge in [0.1, 0.15) is 10.6 Å². The van der Waals surface area contributed by atoms with E-state index >= 15 is 0 Å². The Labute approximate surface area is 185 Å². The van der Waals surface area contributed by atoms with Crippen molar-refractivity contribution in [3.8, 4) is 11.4 Å². The van der Waals surface area contributed by atoms with Gasteiger partial charge in [-0.05, 0) is 62.1 Å². The number of pyridine rings is 1. The Hall–Kier alpha value is -2.58. The van der Waals surface area contributed by atoms with E-state index in [0.29, 0.717) is 5.82 Å². The lowest BCUT2D eigenvalue weighted by Gasteiger charge is -2.34. The van der Waals surface area contributed by atoms with Crippen molar-refractivity contribution in [2.24, 2.45) is 5.92 Å². The van der Waals surface area contributed by atoms with Crippen LogP contribution in [0.25, 0.3) is 21.6 Å². The first-order valence-electron chi connectivity index (χ1n) is 10.9. The second-order valence-corrected chi connectivity index (χ2v) is 9.38. The molecule has 5 rings (SSSR count). The highest BCUT2D eigenvalue weighted by Gasteiger charge is 2.32. The van der Waals surface area contributed by atoms with Gasteiger partial charge in [0, 0.05) is 35.9 Å². The average Bonchev–Trinajstić information content (AvgIpc) is 3.21. The summed E-state index contributed by atoms with van der Waals surface area (Å²) in [4.78, 5) is 30.7. The number of piperidine rings is 1. The quantitative estimate of drug-likeness (QED) is 0.625. The number of aliphatic hydroxyl groups is 1. The van der Waals surface area contributed by atoms with Gasteiger partial charge in [-0.1, -0.05) is 0 Å². The van der Waals surface area contributed by atoms with Crippen LogP contribution in [0.4, 0.5) is 5.82 Å². The molecule has 0 aromatic carbocycles. The molecule has 8 heteroatoms. The third-order valence-electron chi connectivity index (χ3n) is 6.44. The second-order valence-electron chi connectivity index (χ2n) is 8.30. The van der Waals surface area contributed by atoms with Gasteiger partial charge in [-0.25, -0.2) is 14.8 Å². The SMILES string of the molecule is COC(=O)C(O)C1CCN(c2nc(-c3cccnc3)nc3sc4c(c23)CCCC4)CC1. The van der Waals surface area contributed by atoms with Crippen LogP contribution in [0.3, 0.4) is 0 Å². The molecule has 0 bridgehead atoms. The predicted molar refractivity (Wildman–Crippen MR) is 120 cm³/mol. The topological polar surface area (TPSA) is 88.4 Å². The number of anilines is 1. The number of nitrogens with zero attached hydrogens (tertiary/aromatic N) is 4. The van der Waals surface area contributed by atoms with Crippen LogP contribution in [-0.4, -0.2) is 52.3 Å². The molecule has 0 saturated carbocycles. The minimum absolute atomic E-state index is 0.0878. The third-order valence-corrected chi connectivity index (χ3v) is 7.63. The Morgan fingerprint density at radius 2 is 2.06 bits per heavy atom. The van der Waals surface area contributed by atoms with Gasteiger partial charge in [0.15, 0.2) is 11.9 Å². The normalized spacial score (nSPS) is 18.1. The number of hydrogen-bond acceptors (Lipinski definition) is 8. The highest BCUT2D eigenvalue weighted by Crippen LogP contribution is 2.41. The number of aryl methyl sites for hydroxylation is 2. The van der Waals surface area contributed by atoms with Crippen molar-refractivity contribution in [3.05, 3.63) is 35.0 Å². The Kier molecular flexibility index (Phi) is 5.58. The number of carbonyl (C=O) groups is 1. The molecule has 1 aliphatic carbocycles. The van der Waals surface area contributed by atoms with E-state index in [1.54, 1.807) is 23.7 Å². The Morgan fingerprint density at radius 1 is 1.26 bits per heavy atom. The largest absolute Gasteiger partial charge is 0.467 e. The molecule has 1 N–H and O–H groups in total. The molecular formula is C23H26N4O3S. The van der Waals surface area contributed by atoms with Crippen LogP contribution in [-0.2, 0) is 22.4 Å². The maximum atomic E-state index is 11.8. The first-order chi connectivity index (χ1) is 15.2. The number of ether oxygens (including phenoxy) is 1. The molecule has 3 aromatic rings. The molecule has 162 valence electrons. The van der Waals surface area contributed by atoms with Crippen molar-refractivity contribution >= 4 is 33.3 Å². The molecule has 7 nitrogen and oxygen atoms in total. The molecule has 1 atom stereocenters. The Bertz CT molecular complexity index is 1090. The molecule has 1 saturated heterocycles. The van der Waals surface area contributed by atoms with Gasteiger partial charge in [-0.15, -0.1) is 11.3 Å². The highest BCUT2D eigenvalue weighted by molar-refractivity contribution is 7.19. The number of thiophene rings is 1. The fraction of sp³-hybridized carbons (Fsp3) is 0.478. The van der Waals surface area contributed by atoms with Crippen molar-refractivity contribution in [2.45, 2.75) is 44.6 Å². The highest BCUT2D eigenvalue weighted by atomic mass is 32.1. The van der Waals surface area contributed by atoms with E-state index in [-0.39, 0.29) is 5.92 Å². The lowest BCUT2D eigenvalue weighted by atomic mass is 9.91. The molecule has 0 spiro atoms. The number of methoxy groups -OCH3 is 1. The van der Waals surface area contributed by atoms with E-state index in [0.717, 1.165) is 55.0 Å². The number of rotatable bonds is 4. The molecular weight excluding hydrogens is 412 g/mol. The summed E-state index contributed by atoms with van der Waals surface area (Å²) in [5.74, 6) is 1.05. The standard InChI is InChI=1S/C23H26N4O3S/c1-30-23(29)19(28)14-8-11-27(12-9-14)21-18-16-6-2-3-7-17(16)31-22(18)26-20(25-21)15-5-4-10-24-13-15/h4-5,10,13-14,19,28H,2-3,6-9,11-12H2,1H3. The molecule has 4 heterocycles. The number of carbonyl (C=O) groups excluding carboxylic acids is 1. The fourth-order valence-corrected chi connectivity index (χ4v) is 5.99. The molecule has 2 aliphatic rings. The van der Waals surface area contributed by atoms with E-state index in [1.807, 2.05) is 12.1 Å². The van der Waals surface area contributed by atoms with Crippen LogP contribution in [0.2, 0.25) is 0 Å². The van der Waals surface area contributed by atoms with Crippen LogP contribution in [0, 0.1) is 5.92 Å². The van der Waals surface area contributed by atoms with Gasteiger partial charge >= 0.3 is 5.97 Å². The Balaban J connectivity index is 1.53. The van der Waals surface area contributed by atoms with Gasteiger partial charge in [-0.3, -0.25) is 4.98 Å². The maximum Gasteiger partial charge on any atom is 0.334 e. The molecule has 1 aliphatic heterocycles. The van der Waals surface area contributed by atoms with Gasteiger partial charge < -0.3 is 14.7 Å². The number of aromatic nitrogens is 3. The lowest BCUT2D eigenvalue weighted by molar-refractivity contribution is -0.153. The maximum absolute atomic E-state index is 11.8. The van der Waals surface area contributed by atoms with Crippen LogP contribution in [0.15, 0.2) is 24.5 Å². The summed E-state index contributed by atoms with van der Waals surface area (Å²) in [6.45, 7) is 1.48. The smallest absolute Gasteiger partial charge is 0.334 e. The molecule has 3 aromatic heterocycles. The van der Waals surface area contributed by atoms with Gasteiger partial charge in [-0.2, -0.15) is 0 Å². The van der Waals surface area contributed by atoms with E-state index < -0.39 is 12.1 Å². The summed E-state index contributed by atoms with van der Waals surface area (Å²) < 4.78 is 4.72. The van der Waals surface area contributed by atoms with Crippen LogP contribution in [0.5, 0.6) is 0 Å². The van der Waals surface area contributed by atoms with Crippen LogP contribution < -0.4 is 4.90 Å². The summed E-state index contributed by atoms with van der Waals surface area (Å²) in [6, 6.07) is 3.89. The molecule has 0 amide bonds. The van der Waals surface area contributed by atoms with E-state index in [2.05, 4.69) is 9.88 Å². The van der Waals surface area contributed by atoms with Crippen molar-refractivity contribution in [1.82, 2.24) is 15.0 Å². The number of esters is 1. The minimum atomic E-state index is -1.06. The summed E-state index contributed by atoms with van der Waals surface area (Å²) in [5, 5.41) is 11.5.